The Bertz CT molecular complexity index is 412. The molecule has 6 heteroatoms. The Labute approximate surface area is 112 Å². The topological polar surface area (TPSA) is 93.8 Å². The van der Waals surface area contributed by atoms with Crippen LogP contribution in [0.4, 0.5) is 0 Å². The van der Waals surface area contributed by atoms with Crippen molar-refractivity contribution in [1.82, 2.24) is 5.32 Å². The molecule has 0 aliphatic rings. The molecule has 0 saturated heterocycles. The molecular weight excluding hydrogens is 248 g/mol. The van der Waals surface area contributed by atoms with Gasteiger partial charge in [0.2, 0.25) is 0 Å². The van der Waals surface area contributed by atoms with Crippen molar-refractivity contribution < 1.29 is 19.4 Å². The molecule has 2 atom stereocenters. The third kappa shape index (κ3) is 3.84. The Morgan fingerprint density at radius 3 is 2.32 bits per heavy atom. The van der Waals surface area contributed by atoms with E-state index in [0.717, 1.165) is 0 Å². The van der Waals surface area contributed by atoms with E-state index in [1.807, 2.05) is 0 Å². The van der Waals surface area contributed by atoms with Gasteiger partial charge in [0, 0.05) is 12.6 Å². The summed E-state index contributed by atoms with van der Waals surface area (Å²) in [5.41, 5.74) is 5.97. The minimum Gasteiger partial charge on any atom is -0.496 e. The van der Waals surface area contributed by atoms with E-state index in [9.17, 15) is 9.90 Å². The first kappa shape index (κ1) is 15.3. The van der Waals surface area contributed by atoms with Crippen molar-refractivity contribution in [1.29, 1.82) is 0 Å². The lowest BCUT2D eigenvalue weighted by atomic mass is 10.1. The number of aliphatic hydroxyl groups is 1. The fraction of sp³-hybridized carbons (Fsp3) is 0.462. The first-order valence-corrected chi connectivity index (χ1v) is 5.94. The number of carbonyl (C=O) groups excluding carboxylic acids is 1. The van der Waals surface area contributed by atoms with E-state index in [4.69, 9.17) is 15.2 Å². The van der Waals surface area contributed by atoms with E-state index >= 15 is 0 Å². The monoisotopic (exact) mass is 268 g/mol. The Morgan fingerprint density at radius 2 is 1.89 bits per heavy atom. The minimum absolute atomic E-state index is 0.164. The van der Waals surface area contributed by atoms with Gasteiger partial charge >= 0.3 is 0 Å². The maximum absolute atomic E-state index is 12.1. The zero-order chi connectivity index (χ0) is 14.4. The maximum Gasteiger partial charge on any atom is 0.258 e. The summed E-state index contributed by atoms with van der Waals surface area (Å²) < 4.78 is 10.3. The van der Waals surface area contributed by atoms with Crippen LogP contribution in [0.3, 0.4) is 0 Å². The van der Waals surface area contributed by atoms with Crippen molar-refractivity contribution in [3.63, 3.8) is 0 Å². The summed E-state index contributed by atoms with van der Waals surface area (Å²) in [6.07, 6.45) is -0.695. The first-order chi connectivity index (χ1) is 9.01. The van der Waals surface area contributed by atoms with Gasteiger partial charge in [-0.3, -0.25) is 4.79 Å². The zero-order valence-corrected chi connectivity index (χ0v) is 11.3. The zero-order valence-electron chi connectivity index (χ0n) is 11.3. The van der Waals surface area contributed by atoms with E-state index < -0.39 is 12.1 Å². The molecule has 1 aromatic carbocycles. The molecule has 0 aromatic heterocycles. The van der Waals surface area contributed by atoms with Gasteiger partial charge in [0.25, 0.3) is 5.91 Å². The highest BCUT2D eigenvalue weighted by atomic mass is 16.5. The van der Waals surface area contributed by atoms with Gasteiger partial charge in [0.1, 0.15) is 17.1 Å². The number of nitrogens with one attached hydrogen (secondary N) is 1. The van der Waals surface area contributed by atoms with Crippen molar-refractivity contribution in [3.8, 4) is 11.5 Å². The summed E-state index contributed by atoms with van der Waals surface area (Å²) >= 11 is 0. The maximum atomic E-state index is 12.1. The molecule has 106 valence electrons. The molecule has 0 radical (unpaired) electrons. The van der Waals surface area contributed by atoms with Gasteiger partial charge in [0.15, 0.2) is 0 Å². The molecule has 0 saturated carbocycles. The molecule has 0 aliphatic carbocycles. The Kier molecular flexibility index (Phi) is 5.59. The summed E-state index contributed by atoms with van der Waals surface area (Å²) in [6, 6.07) is 4.55. The van der Waals surface area contributed by atoms with Crippen molar-refractivity contribution in [2.75, 3.05) is 20.8 Å². The number of carbonyl (C=O) groups is 1. The second-order valence-corrected chi connectivity index (χ2v) is 4.15. The predicted octanol–water partition coefficient (Wildman–Crippen LogP) is 0.142. The van der Waals surface area contributed by atoms with Crippen molar-refractivity contribution in [2.24, 2.45) is 5.73 Å². The lowest BCUT2D eigenvalue weighted by Gasteiger charge is -2.17. The van der Waals surface area contributed by atoms with Crippen LogP contribution in [0.25, 0.3) is 0 Å². The van der Waals surface area contributed by atoms with Gasteiger partial charge in [0.05, 0.1) is 20.3 Å². The summed E-state index contributed by atoms with van der Waals surface area (Å²) in [5.74, 6) is 0.482. The van der Waals surface area contributed by atoms with Gasteiger partial charge in [-0.2, -0.15) is 0 Å². The molecule has 19 heavy (non-hydrogen) atoms. The molecule has 6 nitrogen and oxygen atoms in total. The number of hydrogen-bond donors (Lipinski definition) is 3. The van der Waals surface area contributed by atoms with E-state index in [0.29, 0.717) is 17.1 Å². The number of aliphatic hydroxyl groups excluding tert-OH is 1. The summed E-state index contributed by atoms with van der Waals surface area (Å²) in [4.78, 5) is 12.1. The third-order valence-electron chi connectivity index (χ3n) is 2.77. The third-order valence-corrected chi connectivity index (χ3v) is 2.77. The van der Waals surface area contributed by atoms with Crippen molar-refractivity contribution in [3.05, 3.63) is 23.8 Å². The quantitative estimate of drug-likeness (QED) is 0.682. The van der Waals surface area contributed by atoms with Gasteiger partial charge in [-0.15, -0.1) is 0 Å². The fourth-order valence-corrected chi connectivity index (χ4v) is 1.54. The first-order valence-electron chi connectivity index (χ1n) is 5.94. The summed E-state index contributed by atoms with van der Waals surface area (Å²) in [5, 5.41) is 11.9. The van der Waals surface area contributed by atoms with Crippen LogP contribution in [0.15, 0.2) is 18.2 Å². The number of ether oxygens (including phenoxy) is 2. The Morgan fingerprint density at radius 1 is 1.37 bits per heavy atom. The molecule has 2 unspecified atom stereocenters. The predicted molar refractivity (Wildman–Crippen MR) is 71.5 cm³/mol. The molecule has 0 aliphatic heterocycles. The Balaban J connectivity index is 2.86. The molecule has 1 amide bonds. The molecule has 0 fully saturated rings. The van der Waals surface area contributed by atoms with Gasteiger partial charge in [-0.1, -0.05) is 6.07 Å². The smallest absolute Gasteiger partial charge is 0.258 e. The van der Waals surface area contributed by atoms with Crippen LogP contribution in [-0.2, 0) is 0 Å². The molecule has 1 aromatic rings. The van der Waals surface area contributed by atoms with Crippen LogP contribution in [0.2, 0.25) is 0 Å². The van der Waals surface area contributed by atoms with Crippen LogP contribution in [0.5, 0.6) is 11.5 Å². The number of benzene rings is 1. The SMILES string of the molecule is COc1cccc(OC)c1C(=O)NCC(N)C(C)O. The highest BCUT2D eigenvalue weighted by molar-refractivity contribution is 5.99. The van der Waals surface area contributed by atoms with Crippen LogP contribution < -0.4 is 20.5 Å². The summed E-state index contributed by atoms with van der Waals surface area (Å²) in [7, 11) is 2.96. The number of nitrogens with two attached hydrogens (primary N) is 1. The largest absolute Gasteiger partial charge is 0.496 e. The van der Waals surface area contributed by atoms with Gasteiger partial charge in [-0.05, 0) is 19.1 Å². The molecule has 0 spiro atoms. The van der Waals surface area contributed by atoms with E-state index in [1.54, 1.807) is 25.1 Å². The standard InChI is InChI=1S/C13H20N2O4/c1-8(16)9(14)7-15-13(17)12-10(18-2)5-4-6-11(12)19-3/h4-6,8-9,16H,7,14H2,1-3H3,(H,15,17). The van der Waals surface area contributed by atoms with Gasteiger partial charge < -0.3 is 25.6 Å². The van der Waals surface area contributed by atoms with E-state index in [-0.39, 0.29) is 12.5 Å². The van der Waals surface area contributed by atoms with Crippen molar-refractivity contribution in [2.45, 2.75) is 19.1 Å². The Hall–Kier alpha value is -1.79. The van der Waals surface area contributed by atoms with E-state index in [2.05, 4.69) is 5.32 Å². The normalized spacial score (nSPS) is 13.5. The fourth-order valence-electron chi connectivity index (χ4n) is 1.54. The number of hydrogen-bond acceptors (Lipinski definition) is 5. The summed E-state index contributed by atoms with van der Waals surface area (Å²) in [6.45, 7) is 1.73. The lowest BCUT2D eigenvalue weighted by Crippen LogP contribution is -2.43. The molecule has 4 N–H and O–H groups in total. The lowest BCUT2D eigenvalue weighted by molar-refractivity contribution is 0.0931. The van der Waals surface area contributed by atoms with Crippen LogP contribution in [0, 0.1) is 0 Å². The molecule has 0 heterocycles. The number of amides is 1. The second-order valence-electron chi connectivity index (χ2n) is 4.15. The second kappa shape index (κ2) is 6.96. The number of methoxy groups -OCH3 is 2. The van der Waals surface area contributed by atoms with Gasteiger partial charge in [-0.25, -0.2) is 0 Å². The van der Waals surface area contributed by atoms with Crippen LogP contribution in [0.1, 0.15) is 17.3 Å². The van der Waals surface area contributed by atoms with Crippen LogP contribution >= 0.6 is 0 Å². The van der Waals surface area contributed by atoms with Crippen molar-refractivity contribution >= 4 is 5.91 Å². The number of rotatable bonds is 6. The highest BCUT2D eigenvalue weighted by Gasteiger charge is 2.19. The van der Waals surface area contributed by atoms with E-state index in [1.165, 1.54) is 14.2 Å². The van der Waals surface area contributed by atoms with Crippen LogP contribution in [-0.4, -0.2) is 43.9 Å². The average Bonchev–Trinajstić information content (AvgIpc) is 2.42. The molecule has 0 bridgehead atoms. The minimum atomic E-state index is -0.695. The average molecular weight is 268 g/mol. The molecular formula is C13H20N2O4. The molecule has 1 rings (SSSR count). The highest BCUT2D eigenvalue weighted by Crippen LogP contribution is 2.27.